The normalized spacial score (nSPS) is 26.8. The summed E-state index contributed by atoms with van der Waals surface area (Å²) in [5.74, 6) is -0.684. The molecular formula is C9H8ClF2NO. The summed E-state index contributed by atoms with van der Waals surface area (Å²) in [6, 6.07) is 2.95. The molecule has 2 heterocycles. The minimum atomic E-state index is -1.02. The first-order valence-electron chi connectivity index (χ1n) is 4.24. The molecule has 1 aromatic heterocycles. The van der Waals surface area contributed by atoms with Crippen LogP contribution in [0.5, 0.6) is 0 Å². The number of aromatic nitrogens is 1. The predicted octanol–water partition coefficient (Wildman–Crippen LogP) is 2.67. The quantitative estimate of drug-likeness (QED) is 0.678. The van der Waals surface area contributed by atoms with Crippen LogP contribution in [0, 0.1) is 5.95 Å². The van der Waals surface area contributed by atoms with E-state index >= 15 is 0 Å². The first-order valence-corrected chi connectivity index (χ1v) is 4.62. The molecule has 0 aliphatic carbocycles. The SMILES string of the molecule is Fc1nc(Cl)ccc1[C@@H]1C[C@H](F)CO1. The monoisotopic (exact) mass is 219 g/mol. The number of hydrogen-bond acceptors (Lipinski definition) is 2. The third-order valence-corrected chi connectivity index (χ3v) is 2.35. The van der Waals surface area contributed by atoms with Crippen LogP contribution in [0.1, 0.15) is 18.1 Å². The van der Waals surface area contributed by atoms with E-state index in [1.165, 1.54) is 12.1 Å². The highest BCUT2D eigenvalue weighted by Crippen LogP contribution is 2.31. The Morgan fingerprint density at radius 1 is 1.50 bits per heavy atom. The third kappa shape index (κ3) is 1.86. The van der Waals surface area contributed by atoms with E-state index in [1.54, 1.807) is 0 Å². The smallest absolute Gasteiger partial charge is 0.220 e. The Hall–Kier alpha value is -0.740. The third-order valence-electron chi connectivity index (χ3n) is 2.14. The molecule has 2 rings (SSSR count). The van der Waals surface area contributed by atoms with E-state index in [2.05, 4.69) is 4.98 Å². The second-order valence-electron chi connectivity index (χ2n) is 3.17. The highest BCUT2D eigenvalue weighted by molar-refractivity contribution is 6.29. The van der Waals surface area contributed by atoms with E-state index in [4.69, 9.17) is 16.3 Å². The number of ether oxygens (including phenoxy) is 1. The molecule has 1 aliphatic heterocycles. The molecule has 2 nitrogen and oxygen atoms in total. The van der Waals surface area contributed by atoms with Gasteiger partial charge in [-0.05, 0) is 12.1 Å². The van der Waals surface area contributed by atoms with Gasteiger partial charge in [0.05, 0.1) is 12.7 Å². The summed E-state index contributed by atoms with van der Waals surface area (Å²) >= 11 is 5.49. The van der Waals surface area contributed by atoms with E-state index < -0.39 is 18.2 Å². The Kier molecular flexibility index (Phi) is 2.65. The average molecular weight is 220 g/mol. The highest BCUT2D eigenvalue weighted by Gasteiger charge is 2.28. The molecule has 2 atom stereocenters. The van der Waals surface area contributed by atoms with Crippen molar-refractivity contribution in [3.63, 3.8) is 0 Å². The summed E-state index contributed by atoms with van der Waals surface area (Å²) in [4.78, 5) is 3.44. The van der Waals surface area contributed by atoms with Gasteiger partial charge in [0.1, 0.15) is 11.3 Å². The van der Waals surface area contributed by atoms with Gasteiger partial charge in [-0.2, -0.15) is 4.39 Å². The molecule has 0 amide bonds. The maximum absolute atomic E-state index is 13.2. The molecule has 0 radical (unpaired) electrons. The lowest BCUT2D eigenvalue weighted by molar-refractivity contribution is 0.100. The van der Waals surface area contributed by atoms with Crippen LogP contribution in [0.4, 0.5) is 8.78 Å². The van der Waals surface area contributed by atoms with E-state index in [-0.39, 0.29) is 23.7 Å². The zero-order valence-corrected chi connectivity index (χ0v) is 7.97. The van der Waals surface area contributed by atoms with Crippen LogP contribution in [-0.4, -0.2) is 17.8 Å². The molecule has 0 N–H and O–H groups in total. The van der Waals surface area contributed by atoms with Crippen molar-refractivity contribution in [2.24, 2.45) is 0 Å². The number of nitrogens with zero attached hydrogens (tertiary/aromatic N) is 1. The van der Waals surface area contributed by atoms with Crippen molar-refractivity contribution in [1.82, 2.24) is 4.98 Å². The van der Waals surface area contributed by atoms with Gasteiger partial charge in [-0.3, -0.25) is 0 Å². The lowest BCUT2D eigenvalue weighted by Crippen LogP contribution is -2.01. The summed E-state index contributed by atoms with van der Waals surface area (Å²) < 4.78 is 31.1. The van der Waals surface area contributed by atoms with Gasteiger partial charge in [-0.25, -0.2) is 9.37 Å². The highest BCUT2D eigenvalue weighted by atomic mass is 35.5. The van der Waals surface area contributed by atoms with Crippen LogP contribution in [0.3, 0.4) is 0 Å². The standard InChI is InChI=1S/C9H8ClF2NO/c10-8-2-1-6(9(12)13-8)7-3-5(11)4-14-7/h1-2,5,7H,3-4H2/t5-,7-/m0/s1. The van der Waals surface area contributed by atoms with Crippen molar-refractivity contribution in [3.8, 4) is 0 Å². The molecule has 0 aromatic carbocycles. The first kappa shape index (κ1) is 9.80. The van der Waals surface area contributed by atoms with Crippen molar-refractivity contribution in [2.45, 2.75) is 18.7 Å². The van der Waals surface area contributed by atoms with Gasteiger partial charge in [0.15, 0.2) is 0 Å². The molecule has 76 valence electrons. The fraction of sp³-hybridized carbons (Fsp3) is 0.444. The number of rotatable bonds is 1. The zero-order valence-electron chi connectivity index (χ0n) is 7.21. The van der Waals surface area contributed by atoms with Crippen LogP contribution in [0.2, 0.25) is 5.15 Å². The molecule has 1 aliphatic rings. The van der Waals surface area contributed by atoms with Gasteiger partial charge in [-0.15, -0.1) is 0 Å². The van der Waals surface area contributed by atoms with Gasteiger partial charge in [-0.1, -0.05) is 11.6 Å². The van der Waals surface area contributed by atoms with Crippen LogP contribution >= 0.6 is 11.6 Å². The largest absolute Gasteiger partial charge is 0.370 e. The molecule has 14 heavy (non-hydrogen) atoms. The van der Waals surface area contributed by atoms with E-state index in [1.807, 2.05) is 0 Å². The zero-order chi connectivity index (χ0) is 10.1. The Morgan fingerprint density at radius 2 is 2.29 bits per heavy atom. The second kappa shape index (κ2) is 3.79. The summed E-state index contributed by atoms with van der Waals surface area (Å²) in [5.41, 5.74) is 0.273. The maximum atomic E-state index is 13.2. The second-order valence-corrected chi connectivity index (χ2v) is 3.56. The number of alkyl halides is 1. The van der Waals surface area contributed by atoms with E-state index in [0.29, 0.717) is 0 Å². The fourth-order valence-electron chi connectivity index (χ4n) is 1.47. The Bertz CT molecular complexity index is 348. The molecule has 1 aromatic rings. The molecule has 0 unspecified atom stereocenters. The Labute approximate surface area is 84.9 Å². The Balaban J connectivity index is 2.24. The maximum Gasteiger partial charge on any atom is 0.220 e. The summed E-state index contributed by atoms with van der Waals surface area (Å²) in [6.07, 6.45) is -1.37. The van der Waals surface area contributed by atoms with Crippen molar-refractivity contribution in [1.29, 1.82) is 0 Å². The van der Waals surface area contributed by atoms with E-state index in [9.17, 15) is 8.78 Å². The van der Waals surface area contributed by atoms with Gasteiger partial charge < -0.3 is 4.74 Å². The van der Waals surface area contributed by atoms with Gasteiger partial charge in [0, 0.05) is 12.0 Å². The molecule has 0 saturated carbocycles. The molecule has 5 heteroatoms. The van der Waals surface area contributed by atoms with Gasteiger partial charge in [0.25, 0.3) is 0 Å². The van der Waals surface area contributed by atoms with Crippen molar-refractivity contribution in [2.75, 3.05) is 6.61 Å². The molecular weight excluding hydrogens is 212 g/mol. The molecule has 0 spiro atoms. The van der Waals surface area contributed by atoms with Crippen molar-refractivity contribution >= 4 is 11.6 Å². The van der Waals surface area contributed by atoms with E-state index in [0.717, 1.165) is 0 Å². The summed E-state index contributed by atoms with van der Waals surface area (Å²) in [5, 5.41) is 0.0843. The summed E-state index contributed by atoms with van der Waals surface area (Å²) in [6.45, 7) is 0.0206. The lowest BCUT2D eigenvalue weighted by atomic mass is 10.1. The lowest BCUT2D eigenvalue weighted by Gasteiger charge is -2.09. The van der Waals surface area contributed by atoms with Crippen LogP contribution < -0.4 is 0 Å². The molecule has 0 bridgehead atoms. The Morgan fingerprint density at radius 3 is 2.86 bits per heavy atom. The minimum absolute atomic E-state index is 0.0206. The predicted molar refractivity (Wildman–Crippen MR) is 47.4 cm³/mol. The number of pyridine rings is 1. The van der Waals surface area contributed by atoms with Crippen LogP contribution in [0.15, 0.2) is 12.1 Å². The minimum Gasteiger partial charge on any atom is -0.370 e. The summed E-state index contributed by atoms with van der Waals surface area (Å²) in [7, 11) is 0. The van der Waals surface area contributed by atoms with Crippen molar-refractivity contribution < 1.29 is 13.5 Å². The first-order chi connectivity index (χ1) is 6.66. The van der Waals surface area contributed by atoms with Gasteiger partial charge >= 0.3 is 0 Å². The number of hydrogen-bond donors (Lipinski definition) is 0. The average Bonchev–Trinajstić information content (AvgIpc) is 2.51. The molecule has 1 fully saturated rings. The topological polar surface area (TPSA) is 22.1 Å². The van der Waals surface area contributed by atoms with Gasteiger partial charge in [0.2, 0.25) is 5.95 Å². The van der Waals surface area contributed by atoms with Crippen molar-refractivity contribution in [3.05, 3.63) is 28.8 Å². The van der Waals surface area contributed by atoms with Crippen LogP contribution in [0.25, 0.3) is 0 Å². The number of halogens is 3. The fourth-order valence-corrected chi connectivity index (χ4v) is 1.61. The molecule has 1 saturated heterocycles. The van der Waals surface area contributed by atoms with Crippen LogP contribution in [-0.2, 0) is 4.74 Å².